The van der Waals surface area contributed by atoms with E-state index in [2.05, 4.69) is 30.3 Å². The van der Waals surface area contributed by atoms with Crippen molar-refractivity contribution in [1.82, 2.24) is 0 Å². The number of thioether (sulfide) groups is 1. The molecule has 1 heterocycles. The summed E-state index contributed by atoms with van der Waals surface area (Å²) in [7, 11) is 0. The van der Waals surface area contributed by atoms with Gasteiger partial charge in [-0.25, -0.2) is 0 Å². The second kappa shape index (κ2) is 5.03. The Morgan fingerprint density at radius 3 is 2.59 bits per heavy atom. The van der Waals surface area contributed by atoms with E-state index in [1.807, 2.05) is 11.8 Å². The summed E-state index contributed by atoms with van der Waals surface area (Å²) in [6, 6.07) is 10.8. The summed E-state index contributed by atoms with van der Waals surface area (Å²) < 4.78 is 6.15. The molecule has 1 saturated carbocycles. The van der Waals surface area contributed by atoms with Crippen LogP contribution in [0.5, 0.6) is 0 Å². The minimum absolute atomic E-state index is 0.207. The van der Waals surface area contributed by atoms with Crippen molar-refractivity contribution in [2.75, 3.05) is 6.61 Å². The van der Waals surface area contributed by atoms with Gasteiger partial charge in [0.15, 0.2) is 0 Å². The Hall–Kier alpha value is -0.470. The summed E-state index contributed by atoms with van der Waals surface area (Å²) in [4.78, 5) is 1.40. The maximum atomic E-state index is 6.15. The van der Waals surface area contributed by atoms with Crippen molar-refractivity contribution >= 4 is 11.8 Å². The van der Waals surface area contributed by atoms with Gasteiger partial charge in [0.05, 0.1) is 5.60 Å². The van der Waals surface area contributed by atoms with Crippen LogP contribution >= 0.6 is 11.8 Å². The smallest absolute Gasteiger partial charge is 0.0804 e. The summed E-state index contributed by atoms with van der Waals surface area (Å²) in [5, 5.41) is 0.671. The standard InChI is InChI=1S/C15H20OS/c1-3-7-13(8-4-1)17-14-9-12-16-15(14)10-5-2-6-11-15/h1,3-4,7-8,14H,2,5-6,9-12H2. The van der Waals surface area contributed by atoms with E-state index in [1.54, 1.807) is 0 Å². The van der Waals surface area contributed by atoms with E-state index in [0.29, 0.717) is 5.25 Å². The van der Waals surface area contributed by atoms with Crippen LogP contribution in [0.1, 0.15) is 38.5 Å². The van der Waals surface area contributed by atoms with Gasteiger partial charge in [-0.2, -0.15) is 0 Å². The van der Waals surface area contributed by atoms with E-state index in [1.165, 1.54) is 43.4 Å². The maximum absolute atomic E-state index is 6.15. The molecule has 1 saturated heterocycles. The molecular weight excluding hydrogens is 228 g/mol. The molecule has 92 valence electrons. The molecule has 17 heavy (non-hydrogen) atoms. The van der Waals surface area contributed by atoms with Gasteiger partial charge in [-0.05, 0) is 31.4 Å². The lowest BCUT2D eigenvalue weighted by Gasteiger charge is -2.37. The molecule has 1 aliphatic carbocycles. The Morgan fingerprint density at radius 1 is 1.06 bits per heavy atom. The lowest BCUT2D eigenvalue weighted by atomic mass is 9.82. The third-order valence-electron chi connectivity index (χ3n) is 4.08. The SMILES string of the molecule is c1ccc(SC2CCOC23CCCCC3)cc1. The van der Waals surface area contributed by atoms with Crippen molar-refractivity contribution in [2.24, 2.45) is 0 Å². The van der Waals surface area contributed by atoms with Crippen LogP contribution < -0.4 is 0 Å². The van der Waals surface area contributed by atoms with Gasteiger partial charge in [0, 0.05) is 16.8 Å². The number of rotatable bonds is 2. The number of hydrogen-bond donors (Lipinski definition) is 0. The van der Waals surface area contributed by atoms with E-state index >= 15 is 0 Å². The summed E-state index contributed by atoms with van der Waals surface area (Å²) in [6.07, 6.45) is 7.88. The molecule has 3 rings (SSSR count). The van der Waals surface area contributed by atoms with Crippen LogP contribution in [-0.4, -0.2) is 17.5 Å². The second-order valence-corrected chi connectivity index (χ2v) is 6.46. The van der Waals surface area contributed by atoms with Crippen LogP contribution in [0.4, 0.5) is 0 Å². The van der Waals surface area contributed by atoms with Crippen LogP contribution in [0.2, 0.25) is 0 Å². The molecule has 2 heteroatoms. The van der Waals surface area contributed by atoms with Crippen LogP contribution in [0, 0.1) is 0 Å². The first kappa shape index (κ1) is 11.6. The molecule has 1 atom stereocenters. The zero-order valence-electron chi connectivity index (χ0n) is 10.2. The Morgan fingerprint density at radius 2 is 1.82 bits per heavy atom. The largest absolute Gasteiger partial charge is 0.374 e. The Kier molecular flexibility index (Phi) is 3.44. The van der Waals surface area contributed by atoms with Gasteiger partial charge in [-0.3, -0.25) is 0 Å². The van der Waals surface area contributed by atoms with Gasteiger partial charge in [0.25, 0.3) is 0 Å². The summed E-state index contributed by atoms with van der Waals surface area (Å²) in [5.41, 5.74) is 0.207. The number of ether oxygens (including phenoxy) is 1. The topological polar surface area (TPSA) is 9.23 Å². The Labute approximate surface area is 108 Å². The van der Waals surface area contributed by atoms with Crippen LogP contribution in [0.3, 0.4) is 0 Å². The van der Waals surface area contributed by atoms with Crippen molar-refractivity contribution in [3.63, 3.8) is 0 Å². The third kappa shape index (κ3) is 2.38. The van der Waals surface area contributed by atoms with Gasteiger partial charge in [-0.1, -0.05) is 37.5 Å². The van der Waals surface area contributed by atoms with E-state index < -0.39 is 0 Å². The molecule has 1 aromatic rings. The molecule has 1 unspecified atom stereocenters. The molecule has 0 aromatic heterocycles. The summed E-state index contributed by atoms with van der Waals surface area (Å²) >= 11 is 2.03. The van der Waals surface area contributed by atoms with E-state index in [-0.39, 0.29) is 5.60 Å². The quantitative estimate of drug-likeness (QED) is 0.773. The highest BCUT2D eigenvalue weighted by molar-refractivity contribution is 8.00. The zero-order chi connectivity index (χ0) is 11.6. The monoisotopic (exact) mass is 248 g/mol. The molecule has 2 fully saturated rings. The first-order valence-electron chi connectivity index (χ1n) is 6.75. The number of benzene rings is 1. The average Bonchev–Trinajstić information content (AvgIpc) is 2.74. The molecular formula is C15H20OS. The zero-order valence-corrected chi connectivity index (χ0v) is 11.0. The van der Waals surface area contributed by atoms with Gasteiger partial charge >= 0.3 is 0 Å². The molecule has 0 amide bonds. The molecule has 0 bridgehead atoms. The highest BCUT2D eigenvalue weighted by atomic mass is 32.2. The van der Waals surface area contributed by atoms with Crippen molar-refractivity contribution in [2.45, 2.75) is 54.3 Å². The summed E-state index contributed by atoms with van der Waals surface area (Å²) in [6.45, 7) is 0.963. The molecule has 1 aromatic carbocycles. The molecule has 1 nitrogen and oxygen atoms in total. The normalized spacial score (nSPS) is 27.4. The van der Waals surface area contributed by atoms with Gasteiger partial charge in [0.2, 0.25) is 0 Å². The fourth-order valence-corrected chi connectivity index (χ4v) is 4.55. The third-order valence-corrected chi connectivity index (χ3v) is 5.57. The minimum atomic E-state index is 0.207. The Bertz CT molecular complexity index is 356. The highest BCUT2D eigenvalue weighted by Crippen LogP contribution is 2.46. The highest BCUT2D eigenvalue weighted by Gasteiger charge is 2.45. The van der Waals surface area contributed by atoms with E-state index in [9.17, 15) is 0 Å². The molecule has 1 aliphatic heterocycles. The van der Waals surface area contributed by atoms with E-state index in [4.69, 9.17) is 4.74 Å². The lowest BCUT2D eigenvalue weighted by Crippen LogP contribution is -2.39. The first-order chi connectivity index (χ1) is 8.39. The average molecular weight is 248 g/mol. The fourth-order valence-electron chi connectivity index (χ4n) is 3.17. The van der Waals surface area contributed by atoms with Crippen LogP contribution in [0.25, 0.3) is 0 Å². The molecule has 0 N–H and O–H groups in total. The van der Waals surface area contributed by atoms with Crippen molar-refractivity contribution in [3.05, 3.63) is 30.3 Å². The minimum Gasteiger partial charge on any atom is -0.374 e. The Balaban J connectivity index is 1.73. The maximum Gasteiger partial charge on any atom is 0.0804 e. The molecule has 2 aliphatic rings. The van der Waals surface area contributed by atoms with Crippen LogP contribution in [0.15, 0.2) is 35.2 Å². The van der Waals surface area contributed by atoms with Crippen molar-refractivity contribution in [1.29, 1.82) is 0 Å². The predicted molar refractivity (Wildman–Crippen MR) is 72.5 cm³/mol. The van der Waals surface area contributed by atoms with Crippen molar-refractivity contribution < 1.29 is 4.74 Å². The van der Waals surface area contributed by atoms with Crippen molar-refractivity contribution in [3.8, 4) is 0 Å². The lowest BCUT2D eigenvalue weighted by molar-refractivity contribution is -0.0213. The first-order valence-corrected chi connectivity index (χ1v) is 7.63. The van der Waals surface area contributed by atoms with Gasteiger partial charge in [0.1, 0.15) is 0 Å². The van der Waals surface area contributed by atoms with E-state index in [0.717, 1.165) is 6.61 Å². The van der Waals surface area contributed by atoms with Gasteiger partial charge in [-0.15, -0.1) is 11.8 Å². The van der Waals surface area contributed by atoms with Crippen LogP contribution in [-0.2, 0) is 4.74 Å². The fraction of sp³-hybridized carbons (Fsp3) is 0.600. The second-order valence-electron chi connectivity index (χ2n) is 5.18. The molecule has 1 spiro atoms. The summed E-state index contributed by atoms with van der Waals surface area (Å²) in [5.74, 6) is 0. The van der Waals surface area contributed by atoms with Gasteiger partial charge < -0.3 is 4.74 Å². The number of hydrogen-bond acceptors (Lipinski definition) is 2. The molecule has 0 radical (unpaired) electrons. The predicted octanol–water partition coefficient (Wildman–Crippen LogP) is 4.27.